The zero-order valence-electron chi connectivity index (χ0n) is 16.6. The number of hydrogen-bond acceptors (Lipinski definition) is 6. The molecule has 0 spiro atoms. The molecule has 3 heterocycles. The lowest BCUT2D eigenvalue weighted by Gasteiger charge is -2.45. The Kier molecular flexibility index (Phi) is 5.24. The molecule has 1 aromatic carbocycles. The third kappa shape index (κ3) is 4.74. The van der Waals surface area contributed by atoms with Crippen molar-refractivity contribution in [1.29, 1.82) is 0 Å². The summed E-state index contributed by atoms with van der Waals surface area (Å²) in [5.74, 6) is 1.45. The average Bonchev–Trinajstić information content (AvgIpc) is 2.67. The minimum atomic E-state index is -0.683. The van der Waals surface area contributed by atoms with Gasteiger partial charge in [-0.05, 0) is 30.5 Å². The molecule has 1 saturated heterocycles. The van der Waals surface area contributed by atoms with Crippen LogP contribution in [0.1, 0.15) is 42.5 Å². The van der Waals surface area contributed by atoms with Gasteiger partial charge in [0, 0.05) is 50.6 Å². The van der Waals surface area contributed by atoms with E-state index in [2.05, 4.69) is 16.9 Å². The van der Waals surface area contributed by atoms with Crippen LogP contribution in [0.25, 0.3) is 0 Å². The lowest BCUT2D eigenvalue weighted by molar-refractivity contribution is 0.0305. The topological polar surface area (TPSA) is 75.0 Å². The predicted octanol–water partition coefficient (Wildman–Crippen LogP) is 2.91. The maximum Gasteiger partial charge on any atom is 0.132 e. The van der Waals surface area contributed by atoms with Crippen LogP contribution in [-0.2, 0) is 12.8 Å². The molecule has 0 bridgehead atoms. The van der Waals surface area contributed by atoms with E-state index in [1.54, 1.807) is 30.7 Å². The van der Waals surface area contributed by atoms with Gasteiger partial charge in [-0.2, -0.15) is 0 Å². The monoisotopic (exact) mass is 393 g/mol. The molecular weight excluding hydrogens is 369 g/mol. The Bertz CT molecular complexity index is 970. The van der Waals surface area contributed by atoms with Gasteiger partial charge in [0.15, 0.2) is 0 Å². The number of anilines is 1. The Balaban J connectivity index is 1.59. The van der Waals surface area contributed by atoms with E-state index < -0.39 is 5.60 Å². The van der Waals surface area contributed by atoms with Gasteiger partial charge in [0.25, 0.3) is 0 Å². The molecule has 0 radical (unpaired) electrons. The molecule has 1 aliphatic rings. The van der Waals surface area contributed by atoms with E-state index in [-0.39, 0.29) is 11.7 Å². The number of benzene rings is 1. The molecule has 3 aromatic rings. The average molecular weight is 393 g/mol. The molecule has 1 atom stereocenters. The molecule has 2 aromatic heterocycles. The standard InChI is InChI=1S/C22H24FN5O/c1-15(16-3-5-17(23)6-4-16)9-20-26-18(10-19-12-24-7-8-25-19)11-21(27-20)28-13-22(2,29)14-28/h3-8,11-12,15,29H,9-10,13-14H2,1-2H3/t15-/m1/s1. The van der Waals surface area contributed by atoms with Gasteiger partial charge < -0.3 is 10.0 Å². The highest BCUT2D eigenvalue weighted by Gasteiger charge is 2.37. The van der Waals surface area contributed by atoms with E-state index in [1.165, 1.54) is 12.1 Å². The minimum absolute atomic E-state index is 0.148. The van der Waals surface area contributed by atoms with Crippen LogP contribution in [0.2, 0.25) is 0 Å². The van der Waals surface area contributed by atoms with E-state index in [0.717, 1.165) is 28.6 Å². The van der Waals surface area contributed by atoms with Crippen LogP contribution in [-0.4, -0.2) is 43.7 Å². The second-order valence-corrected chi connectivity index (χ2v) is 8.02. The maximum atomic E-state index is 13.2. The highest BCUT2D eigenvalue weighted by Crippen LogP contribution is 2.28. The molecule has 1 fully saturated rings. The van der Waals surface area contributed by atoms with Crippen LogP contribution in [0.15, 0.2) is 48.9 Å². The third-order valence-electron chi connectivity index (χ3n) is 5.11. The largest absolute Gasteiger partial charge is 0.386 e. The summed E-state index contributed by atoms with van der Waals surface area (Å²) in [6.45, 7) is 4.99. The van der Waals surface area contributed by atoms with Crippen molar-refractivity contribution in [2.24, 2.45) is 0 Å². The van der Waals surface area contributed by atoms with E-state index >= 15 is 0 Å². The number of nitrogens with zero attached hydrogens (tertiary/aromatic N) is 5. The summed E-state index contributed by atoms with van der Waals surface area (Å²) in [6, 6.07) is 8.51. The van der Waals surface area contributed by atoms with Crippen LogP contribution >= 0.6 is 0 Å². The van der Waals surface area contributed by atoms with Crippen LogP contribution in [0.3, 0.4) is 0 Å². The maximum absolute atomic E-state index is 13.2. The van der Waals surface area contributed by atoms with Crippen LogP contribution in [0.5, 0.6) is 0 Å². The summed E-state index contributed by atoms with van der Waals surface area (Å²) in [6.07, 6.45) is 6.24. The predicted molar refractivity (Wildman–Crippen MR) is 108 cm³/mol. The Morgan fingerprint density at radius 3 is 2.55 bits per heavy atom. The molecule has 7 heteroatoms. The van der Waals surface area contributed by atoms with Gasteiger partial charge in [0.05, 0.1) is 17.0 Å². The number of aromatic nitrogens is 4. The number of β-amino-alcohol motifs (C(OH)–C–C–N with tert-alkyl or cyclic N) is 1. The van der Waals surface area contributed by atoms with Crippen molar-refractivity contribution >= 4 is 5.82 Å². The van der Waals surface area contributed by atoms with Crippen LogP contribution in [0.4, 0.5) is 10.2 Å². The zero-order chi connectivity index (χ0) is 20.4. The number of hydrogen-bond donors (Lipinski definition) is 1. The van der Waals surface area contributed by atoms with Crippen LogP contribution in [0, 0.1) is 5.82 Å². The fourth-order valence-corrected chi connectivity index (χ4v) is 3.61. The molecule has 0 unspecified atom stereocenters. The fraction of sp³-hybridized carbons (Fsp3) is 0.364. The quantitative estimate of drug-likeness (QED) is 0.694. The van der Waals surface area contributed by atoms with Gasteiger partial charge in [-0.1, -0.05) is 19.1 Å². The van der Waals surface area contributed by atoms with E-state index in [0.29, 0.717) is 25.9 Å². The smallest absolute Gasteiger partial charge is 0.132 e. The number of halogens is 1. The molecule has 0 saturated carbocycles. The molecule has 4 rings (SSSR count). The van der Waals surface area contributed by atoms with E-state index in [4.69, 9.17) is 9.97 Å². The minimum Gasteiger partial charge on any atom is -0.386 e. The van der Waals surface area contributed by atoms with Gasteiger partial charge in [-0.25, -0.2) is 14.4 Å². The lowest BCUT2D eigenvalue weighted by Crippen LogP contribution is -2.60. The molecule has 150 valence electrons. The molecule has 29 heavy (non-hydrogen) atoms. The Morgan fingerprint density at radius 2 is 1.90 bits per heavy atom. The molecular formula is C22H24FN5O. The molecule has 0 aliphatic carbocycles. The number of aliphatic hydroxyl groups is 1. The highest BCUT2D eigenvalue weighted by molar-refractivity contribution is 5.45. The first-order valence-corrected chi connectivity index (χ1v) is 9.72. The normalized spacial score (nSPS) is 16.3. The second kappa shape index (κ2) is 7.83. The van der Waals surface area contributed by atoms with E-state index in [1.807, 2.05) is 17.9 Å². The van der Waals surface area contributed by atoms with Crippen molar-refractivity contribution in [3.05, 3.63) is 77.5 Å². The Hall–Kier alpha value is -2.93. The molecule has 6 nitrogen and oxygen atoms in total. The lowest BCUT2D eigenvalue weighted by atomic mass is 9.96. The molecule has 1 aliphatic heterocycles. The van der Waals surface area contributed by atoms with Gasteiger partial charge in [-0.15, -0.1) is 0 Å². The van der Waals surface area contributed by atoms with Crippen molar-refractivity contribution in [3.8, 4) is 0 Å². The van der Waals surface area contributed by atoms with Crippen molar-refractivity contribution in [2.45, 2.75) is 38.2 Å². The summed E-state index contributed by atoms with van der Waals surface area (Å²) >= 11 is 0. The first kappa shape index (κ1) is 19.4. The van der Waals surface area contributed by atoms with Crippen molar-refractivity contribution in [3.63, 3.8) is 0 Å². The third-order valence-corrected chi connectivity index (χ3v) is 5.11. The van der Waals surface area contributed by atoms with Crippen molar-refractivity contribution in [1.82, 2.24) is 19.9 Å². The van der Waals surface area contributed by atoms with Crippen molar-refractivity contribution in [2.75, 3.05) is 18.0 Å². The number of rotatable bonds is 6. The summed E-state index contributed by atoms with van der Waals surface area (Å²) in [5.41, 5.74) is 2.06. The van der Waals surface area contributed by atoms with E-state index in [9.17, 15) is 9.50 Å². The molecule has 1 N–H and O–H groups in total. The van der Waals surface area contributed by atoms with Gasteiger partial charge in [0.2, 0.25) is 0 Å². The Morgan fingerprint density at radius 1 is 1.14 bits per heavy atom. The summed E-state index contributed by atoms with van der Waals surface area (Å²) in [7, 11) is 0. The first-order valence-electron chi connectivity index (χ1n) is 9.72. The highest BCUT2D eigenvalue weighted by atomic mass is 19.1. The second-order valence-electron chi connectivity index (χ2n) is 8.02. The SMILES string of the molecule is C[C@H](Cc1nc(Cc2cnccn2)cc(N2CC(C)(O)C2)n1)c1ccc(F)cc1. The summed E-state index contributed by atoms with van der Waals surface area (Å²) in [5, 5.41) is 10.1. The Labute approximate surface area is 169 Å². The van der Waals surface area contributed by atoms with Gasteiger partial charge >= 0.3 is 0 Å². The summed E-state index contributed by atoms with van der Waals surface area (Å²) in [4.78, 5) is 20.0. The van der Waals surface area contributed by atoms with Gasteiger partial charge in [-0.3, -0.25) is 9.97 Å². The summed E-state index contributed by atoms with van der Waals surface area (Å²) < 4.78 is 13.2. The van der Waals surface area contributed by atoms with Crippen molar-refractivity contribution < 1.29 is 9.50 Å². The molecule has 0 amide bonds. The van der Waals surface area contributed by atoms with Gasteiger partial charge in [0.1, 0.15) is 17.5 Å². The fourth-order valence-electron chi connectivity index (χ4n) is 3.61. The zero-order valence-corrected chi connectivity index (χ0v) is 16.6. The first-order chi connectivity index (χ1) is 13.9. The van der Waals surface area contributed by atoms with Crippen LogP contribution < -0.4 is 4.90 Å².